The molecule has 2 aromatic rings. The molecule has 0 saturated carbocycles. The van der Waals surface area contributed by atoms with Gasteiger partial charge >= 0.3 is 0 Å². The van der Waals surface area contributed by atoms with Crippen LogP contribution in [0.15, 0.2) is 47.4 Å². The second kappa shape index (κ2) is 17.1. The smallest absolute Gasteiger partial charge is 0.266 e. The Morgan fingerprint density at radius 3 is 1.71 bits per heavy atom. The van der Waals surface area contributed by atoms with E-state index in [2.05, 4.69) is 6.92 Å². The maximum absolute atomic E-state index is 12.6. The molecule has 0 amide bonds. The van der Waals surface area contributed by atoms with Gasteiger partial charge in [0, 0.05) is 34.9 Å². The fourth-order valence-corrected chi connectivity index (χ4v) is 5.11. The van der Waals surface area contributed by atoms with E-state index < -0.39 is 10.1 Å². The number of benzene rings is 2. The van der Waals surface area contributed by atoms with Gasteiger partial charge in [-0.2, -0.15) is 8.42 Å². The molecule has 0 aliphatic carbocycles. The number of hydrogen-bond donors (Lipinski definition) is 0. The minimum absolute atomic E-state index is 0. The largest absolute Gasteiger partial charge is 0.297 e. The molecule has 0 N–H and O–H groups in total. The SMILES string of the molecule is CCCCCCCCCCCCCCCCOS(=O)(=O)c1cccc2ccccc12.[Na]. The van der Waals surface area contributed by atoms with Crippen molar-refractivity contribution in [2.45, 2.75) is 102 Å². The molecule has 2 aromatic carbocycles. The summed E-state index contributed by atoms with van der Waals surface area (Å²) in [5, 5.41) is 1.64. The van der Waals surface area contributed by atoms with Crippen LogP contribution >= 0.6 is 0 Å². The second-order valence-electron chi connectivity index (χ2n) is 8.35. The Hall–Kier alpha value is -0.390. The topological polar surface area (TPSA) is 43.4 Å². The standard InChI is InChI=1S/C26H40O3S.Na/c1-2-3-4-5-6-7-8-9-10-11-12-13-14-17-23-29-30(27,28)26-22-18-20-24-19-15-16-21-25(24)26;/h15-16,18-22H,2-14,17,23H2,1H3;. The molecule has 0 spiro atoms. The first-order chi connectivity index (χ1) is 14.6. The van der Waals surface area contributed by atoms with Crippen molar-refractivity contribution in [3.05, 3.63) is 42.5 Å². The van der Waals surface area contributed by atoms with Gasteiger partial charge in [-0.25, -0.2) is 0 Å². The molecule has 0 saturated heterocycles. The zero-order valence-corrected chi connectivity index (χ0v) is 22.6. The first-order valence-electron chi connectivity index (χ1n) is 12.0. The molecule has 0 atom stereocenters. The summed E-state index contributed by atoms with van der Waals surface area (Å²) in [7, 11) is -3.70. The number of hydrogen-bond acceptors (Lipinski definition) is 3. The van der Waals surface area contributed by atoms with Crippen molar-refractivity contribution < 1.29 is 12.6 Å². The summed E-state index contributed by atoms with van der Waals surface area (Å²) in [4.78, 5) is 0.269. The van der Waals surface area contributed by atoms with E-state index in [0.717, 1.165) is 30.0 Å². The van der Waals surface area contributed by atoms with Crippen LogP contribution < -0.4 is 0 Å². The fourth-order valence-electron chi connectivity index (χ4n) is 3.94. The van der Waals surface area contributed by atoms with Crippen molar-refractivity contribution in [3.8, 4) is 0 Å². The van der Waals surface area contributed by atoms with Crippen LogP contribution in [0.4, 0.5) is 0 Å². The summed E-state index contributed by atoms with van der Waals surface area (Å²) in [6, 6.07) is 12.8. The van der Waals surface area contributed by atoms with Gasteiger partial charge in [-0.3, -0.25) is 4.18 Å². The van der Waals surface area contributed by atoms with E-state index in [1.54, 1.807) is 12.1 Å². The second-order valence-corrected chi connectivity index (χ2v) is 9.93. The molecule has 169 valence electrons. The van der Waals surface area contributed by atoms with Gasteiger partial charge in [-0.05, 0) is 17.9 Å². The molecular formula is C26H40NaO3S. The van der Waals surface area contributed by atoms with Gasteiger partial charge in [0.2, 0.25) is 0 Å². The predicted octanol–water partition coefficient (Wildman–Crippen LogP) is 7.65. The summed E-state index contributed by atoms with van der Waals surface area (Å²) < 4.78 is 30.4. The van der Waals surface area contributed by atoms with Crippen LogP contribution in [0.1, 0.15) is 96.8 Å². The average molecular weight is 456 g/mol. The van der Waals surface area contributed by atoms with Gasteiger partial charge in [-0.15, -0.1) is 0 Å². The zero-order chi connectivity index (χ0) is 21.5. The van der Waals surface area contributed by atoms with Crippen molar-refractivity contribution in [2.24, 2.45) is 0 Å². The summed E-state index contributed by atoms with van der Waals surface area (Å²) in [6.45, 7) is 2.53. The maximum Gasteiger partial charge on any atom is 0.297 e. The Kier molecular flexibility index (Phi) is 15.8. The van der Waals surface area contributed by atoms with Crippen LogP contribution in [0.25, 0.3) is 10.8 Å². The molecule has 3 nitrogen and oxygen atoms in total. The van der Waals surface area contributed by atoms with Crippen LogP contribution in [0.3, 0.4) is 0 Å². The molecule has 0 heterocycles. The monoisotopic (exact) mass is 455 g/mol. The third-order valence-corrected chi connectivity index (χ3v) is 7.13. The predicted molar refractivity (Wildman–Crippen MR) is 133 cm³/mol. The summed E-state index contributed by atoms with van der Waals surface area (Å²) in [5.74, 6) is 0. The van der Waals surface area contributed by atoms with Crippen molar-refractivity contribution in [1.29, 1.82) is 0 Å². The Labute approximate surface area is 212 Å². The molecule has 0 aliphatic heterocycles. The summed E-state index contributed by atoms with van der Waals surface area (Å²) in [5.41, 5.74) is 0. The van der Waals surface area contributed by atoms with E-state index in [1.807, 2.05) is 30.3 Å². The molecule has 0 bridgehead atoms. The van der Waals surface area contributed by atoms with Gasteiger partial charge in [0.1, 0.15) is 4.90 Å². The van der Waals surface area contributed by atoms with Crippen molar-refractivity contribution in [2.75, 3.05) is 6.61 Å². The van der Waals surface area contributed by atoms with E-state index in [-0.39, 0.29) is 41.1 Å². The normalized spacial score (nSPS) is 11.5. The Balaban J connectivity index is 0.00000480. The first kappa shape index (κ1) is 28.6. The number of rotatable bonds is 17. The molecule has 0 aromatic heterocycles. The molecule has 0 unspecified atom stereocenters. The van der Waals surface area contributed by atoms with Gasteiger partial charge in [0.05, 0.1) is 6.61 Å². The van der Waals surface area contributed by atoms with Crippen LogP contribution in [-0.4, -0.2) is 44.6 Å². The van der Waals surface area contributed by atoms with E-state index in [9.17, 15) is 8.42 Å². The van der Waals surface area contributed by atoms with E-state index >= 15 is 0 Å². The van der Waals surface area contributed by atoms with Crippen LogP contribution in [0.5, 0.6) is 0 Å². The van der Waals surface area contributed by atoms with Crippen LogP contribution in [0, 0.1) is 0 Å². The van der Waals surface area contributed by atoms with E-state index in [1.165, 1.54) is 70.6 Å². The minimum atomic E-state index is -3.70. The molecule has 1 radical (unpaired) electrons. The number of unbranched alkanes of at least 4 members (excludes halogenated alkanes) is 13. The third kappa shape index (κ3) is 11.3. The Morgan fingerprint density at radius 2 is 1.13 bits per heavy atom. The fraction of sp³-hybridized carbons (Fsp3) is 0.615. The van der Waals surface area contributed by atoms with Crippen molar-refractivity contribution >= 4 is 50.4 Å². The van der Waals surface area contributed by atoms with Gasteiger partial charge in [0.15, 0.2) is 0 Å². The van der Waals surface area contributed by atoms with Crippen LogP contribution in [-0.2, 0) is 14.3 Å². The third-order valence-electron chi connectivity index (χ3n) is 5.76. The molecule has 0 aliphatic rings. The molecule has 31 heavy (non-hydrogen) atoms. The average Bonchev–Trinajstić information content (AvgIpc) is 2.76. The Bertz CT molecular complexity index is 815. The molecular weight excluding hydrogens is 415 g/mol. The molecule has 0 fully saturated rings. The van der Waals surface area contributed by atoms with E-state index in [4.69, 9.17) is 4.18 Å². The summed E-state index contributed by atoms with van der Waals surface area (Å²) >= 11 is 0. The molecule has 5 heteroatoms. The van der Waals surface area contributed by atoms with E-state index in [0.29, 0.717) is 0 Å². The Morgan fingerprint density at radius 1 is 0.645 bits per heavy atom. The van der Waals surface area contributed by atoms with Gasteiger partial charge < -0.3 is 0 Å². The van der Waals surface area contributed by atoms with Crippen molar-refractivity contribution in [1.82, 2.24) is 0 Å². The van der Waals surface area contributed by atoms with Gasteiger partial charge in [-0.1, -0.05) is 127 Å². The summed E-state index contributed by atoms with van der Waals surface area (Å²) in [6.07, 6.45) is 17.9. The quantitative estimate of drug-likeness (QED) is 0.140. The minimum Gasteiger partial charge on any atom is -0.266 e. The maximum atomic E-state index is 12.6. The van der Waals surface area contributed by atoms with Crippen LogP contribution in [0.2, 0.25) is 0 Å². The molecule has 2 rings (SSSR count). The van der Waals surface area contributed by atoms with Crippen molar-refractivity contribution in [3.63, 3.8) is 0 Å². The number of fused-ring (bicyclic) bond motifs is 1. The zero-order valence-electron chi connectivity index (χ0n) is 19.8. The van der Waals surface area contributed by atoms with Gasteiger partial charge in [0.25, 0.3) is 10.1 Å². The first-order valence-corrected chi connectivity index (χ1v) is 13.4.